The predicted molar refractivity (Wildman–Crippen MR) is 73.5 cm³/mol. The van der Waals surface area contributed by atoms with Gasteiger partial charge in [0.15, 0.2) is 0 Å². The molecule has 1 unspecified atom stereocenters. The Labute approximate surface area is 118 Å². The summed E-state index contributed by atoms with van der Waals surface area (Å²) < 4.78 is 10.3. The summed E-state index contributed by atoms with van der Waals surface area (Å²) in [6, 6.07) is 0. The van der Waals surface area contributed by atoms with Crippen molar-refractivity contribution in [2.24, 2.45) is 16.8 Å². The van der Waals surface area contributed by atoms with E-state index in [1.807, 2.05) is 0 Å². The minimum Gasteiger partial charge on any atom is -0.465 e. The molecule has 0 aromatic carbocycles. The Morgan fingerprint density at radius 2 is 2.00 bits per heavy atom. The van der Waals surface area contributed by atoms with Crippen molar-refractivity contribution in [3.63, 3.8) is 0 Å². The number of nitrogens with two attached hydrogens (primary N) is 1. The first-order valence-electron chi connectivity index (χ1n) is 6.38. The highest BCUT2D eigenvalue weighted by Gasteiger charge is 2.11. The number of oxime groups is 1. The van der Waals surface area contributed by atoms with Crippen molar-refractivity contribution >= 4 is 23.4 Å². The second kappa shape index (κ2) is 12.0. The SMILES string of the molecule is CC(CCl)C(=O)OCCCCCOCC/C(N)=N/O. The molecule has 0 amide bonds. The van der Waals surface area contributed by atoms with E-state index in [0.717, 1.165) is 19.3 Å². The lowest BCUT2D eigenvalue weighted by Crippen LogP contribution is -2.16. The number of hydrogen-bond donors (Lipinski definition) is 2. The summed E-state index contributed by atoms with van der Waals surface area (Å²) in [5.74, 6) is -0.0403. The Morgan fingerprint density at radius 1 is 1.32 bits per heavy atom. The van der Waals surface area contributed by atoms with Gasteiger partial charge in [0.1, 0.15) is 5.84 Å². The van der Waals surface area contributed by atoms with Crippen LogP contribution in [0.2, 0.25) is 0 Å². The zero-order chi connectivity index (χ0) is 14.5. The van der Waals surface area contributed by atoms with Gasteiger partial charge in [-0.25, -0.2) is 0 Å². The third-order valence-corrected chi connectivity index (χ3v) is 2.91. The zero-order valence-corrected chi connectivity index (χ0v) is 12.1. The van der Waals surface area contributed by atoms with E-state index in [4.69, 9.17) is 32.0 Å². The average Bonchev–Trinajstić information content (AvgIpc) is 2.43. The van der Waals surface area contributed by atoms with Crippen LogP contribution < -0.4 is 5.73 Å². The van der Waals surface area contributed by atoms with Gasteiger partial charge in [0.25, 0.3) is 0 Å². The normalized spacial score (nSPS) is 13.3. The highest BCUT2D eigenvalue weighted by Crippen LogP contribution is 2.03. The van der Waals surface area contributed by atoms with E-state index >= 15 is 0 Å². The number of rotatable bonds is 11. The van der Waals surface area contributed by atoms with Crippen LogP contribution >= 0.6 is 11.6 Å². The van der Waals surface area contributed by atoms with E-state index in [1.54, 1.807) is 6.92 Å². The number of esters is 1. The van der Waals surface area contributed by atoms with E-state index < -0.39 is 0 Å². The van der Waals surface area contributed by atoms with Gasteiger partial charge in [-0.15, -0.1) is 11.6 Å². The number of carbonyl (C=O) groups excluding carboxylic acids is 1. The zero-order valence-electron chi connectivity index (χ0n) is 11.3. The highest BCUT2D eigenvalue weighted by molar-refractivity contribution is 6.19. The molecule has 0 saturated heterocycles. The van der Waals surface area contributed by atoms with Crippen LogP contribution in [0.3, 0.4) is 0 Å². The Balaban J connectivity index is 3.26. The molecule has 0 radical (unpaired) electrons. The Kier molecular flexibility index (Phi) is 11.4. The maximum atomic E-state index is 11.3. The fraction of sp³-hybridized carbons (Fsp3) is 0.833. The second-order valence-corrected chi connectivity index (χ2v) is 4.55. The molecule has 3 N–H and O–H groups in total. The van der Waals surface area contributed by atoms with Crippen molar-refractivity contribution in [2.75, 3.05) is 25.7 Å². The van der Waals surface area contributed by atoms with Gasteiger partial charge >= 0.3 is 5.97 Å². The van der Waals surface area contributed by atoms with Crippen molar-refractivity contribution in [2.45, 2.75) is 32.6 Å². The number of unbranched alkanes of at least 4 members (excludes halogenated alkanes) is 2. The smallest absolute Gasteiger partial charge is 0.309 e. The van der Waals surface area contributed by atoms with Crippen molar-refractivity contribution in [3.05, 3.63) is 0 Å². The standard InChI is InChI=1S/C12H23ClN2O4/c1-10(9-13)12(16)19-7-4-2-3-6-18-8-5-11(14)15-17/h10,17H,2-9H2,1H3,(H2,14,15). The molecule has 0 aromatic heterocycles. The molecule has 0 rings (SSSR count). The molecule has 0 aliphatic carbocycles. The van der Waals surface area contributed by atoms with Gasteiger partial charge in [-0.3, -0.25) is 4.79 Å². The van der Waals surface area contributed by atoms with Crippen molar-refractivity contribution in [3.8, 4) is 0 Å². The summed E-state index contributed by atoms with van der Waals surface area (Å²) >= 11 is 5.54. The molecule has 0 spiro atoms. The van der Waals surface area contributed by atoms with E-state index in [-0.39, 0.29) is 23.6 Å². The summed E-state index contributed by atoms with van der Waals surface area (Å²) in [4.78, 5) is 11.3. The van der Waals surface area contributed by atoms with Crippen LogP contribution in [0.15, 0.2) is 5.16 Å². The number of hydrogen-bond acceptors (Lipinski definition) is 5. The molecule has 1 atom stereocenters. The molecule has 0 bridgehead atoms. The highest BCUT2D eigenvalue weighted by atomic mass is 35.5. The Hall–Kier alpha value is -1.01. The van der Waals surface area contributed by atoms with E-state index in [2.05, 4.69) is 5.16 Å². The first kappa shape index (κ1) is 18.0. The van der Waals surface area contributed by atoms with Crippen LogP contribution in [0.4, 0.5) is 0 Å². The molecule has 6 nitrogen and oxygen atoms in total. The minimum atomic E-state index is -0.247. The van der Waals surface area contributed by atoms with Crippen LogP contribution in [0.1, 0.15) is 32.6 Å². The molecule has 0 heterocycles. The Morgan fingerprint density at radius 3 is 2.63 bits per heavy atom. The fourth-order valence-electron chi connectivity index (χ4n) is 1.19. The summed E-state index contributed by atoms with van der Waals surface area (Å²) in [7, 11) is 0. The third kappa shape index (κ3) is 10.6. The molecular weight excluding hydrogens is 272 g/mol. The molecule has 19 heavy (non-hydrogen) atoms. The molecule has 0 aliphatic heterocycles. The lowest BCUT2D eigenvalue weighted by molar-refractivity contribution is -0.147. The van der Waals surface area contributed by atoms with E-state index in [9.17, 15) is 4.79 Å². The lowest BCUT2D eigenvalue weighted by atomic mass is 10.2. The number of nitrogens with zero attached hydrogens (tertiary/aromatic N) is 1. The van der Waals surface area contributed by atoms with Crippen LogP contribution in [0.5, 0.6) is 0 Å². The van der Waals surface area contributed by atoms with Gasteiger partial charge in [0, 0.05) is 18.9 Å². The van der Waals surface area contributed by atoms with Crippen molar-refractivity contribution in [1.29, 1.82) is 0 Å². The quantitative estimate of drug-likeness (QED) is 0.115. The maximum Gasteiger partial charge on any atom is 0.309 e. The number of amidine groups is 1. The third-order valence-electron chi connectivity index (χ3n) is 2.44. The molecular formula is C12H23ClN2O4. The molecule has 7 heteroatoms. The van der Waals surface area contributed by atoms with Gasteiger partial charge < -0.3 is 20.4 Å². The van der Waals surface area contributed by atoms with Crippen LogP contribution in [-0.4, -0.2) is 42.7 Å². The van der Waals surface area contributed by atoms with Crippen molar-refractivity contribution < 1.29 is 19.5 Å². The summed E-state index contributed by atoms with van der Waals surface area (Å²) in [5, 5.41) is 11.1. The molecule has 0 aromatic rings. The second-order valence-electron chi connectivity index (χ2n) is 4.24. The van der Waals surface area contributed by atoms with Crippen LogP contribution in [0.25, 0.3) is 0 Å². The van der Waals surface area contributed by atoms with Crippen molar-refractivity contribution in [1.82, 2.24) is 0 Å². The average molecular weight is 295 g/mol. The minimum absolute atomic E-state index is 0.167. The summed E-state index contributed by atoms with van der Waals surface area (Å²) in [6.07, 6.45) is 3.04. The van der Waals surface area contributed by atoms with E-state index in [0.29, 0.717) is 26.2 Å². The largest absolute Gasteiger partial charge is 0.465 e. The van der Waals surface area contributed by atoms with Crippen LogP contribution in [0, 0.1) is 5.92 Å². The Bertz CT molecular complexity index is 274. The lowest BCUT2D eigenvalue weighted by Gasteiger charge is -2.08. The summed E-state index contributed by atoms with van der Waals surface area (Å²) in [5.41, 5.74) is 5.28. The maximum absolute atomic E-state index is 11.3. The molecule has 0 fully saturated rings. The fourth-order valence-corrected chi connectivity index (χ4v) is 1.32. The van der Waals surface area contributed by atoms with Gasteiger partial charge in [0.05, 0.1) is 19.1 Å². The van der Waals surface area contributed by atoms with E-state index in [1.165, 1.54) is 0 Å². The topological polar surface area (TPSA) is 94.1 Å². The predicted octanol–water partition coefficient (Wildman–Crippen LogP) is 1.73. The molecule has 0 saturated carbocycles. The van der Waals surface area contributed by atoms with Crippen LogP contribution in [-0.2, 0) is 14.3 Å². The number of alkyl halides is 1. The molecule has 112 valence electrons. The first-order chi connectivity index (χ1) is 9.11. The number of ether oxygens (including phenoxy) is 2. The number of carbonyl (C=O) groups is 1. The first-order valence-corrected chi connectivity index (χ1v) is 6.92. The van der Waals surface area contributed by atoms with Gasteiger partial charge in [-0.1, -0.05) is 12.1 Å². The van der Waals surface area contributed by atoms with Gasteiger partial charge in [-0.05, 0) is 19.3 Å². The summed E-state index contributed by atoms with van der Waals surface area (Å²) in [6.45, 7) is 3.22. The van der Waals surface area contributed by atoms with Gasteiger partial charge in [0.2, 0.25) is 0 Å². The number of halogens is 1. The molecule has 0 aliphatic rings. The monoisotopic (exact) mass is 294 g/mol. The van der Waals surface area contributed by atoms with Gasteiger partial charge in [-0.2, -0.15) is 0 Å².